The van der Waals surface area contributed by atoms with Gasteiger partial charge in [0.1, 0.15) is 0 Å². The van der Waals surface area contributed by atoms with Crippen LogP contribution in [0.4, 0.5) is 4.39 Å². The van der Waals surface area contributed by atoms with Crippen LogP contribution in [0.3, 0.4) is 0 Å². The average Bonchev–Trinajstić information content (AvgIpc) is 2.63. The molecule has 0 aromatic rings. The maximum atomic E-state index is 13.1. The van der Waals surface area contributed by atoms with Crippen LogP contribution in [0.25, 0.3) is 0 Å². The van der Waals surface area contributed by atoms with Crippen LogP contribution in [0.1, 0.15) is 64.7 Å². The second-order valence-corrected chi connectivity index (χ2v) is 7.87. The molecule has 1 atom stereocenters. The van der Waals surface area contributed by atoms with Gasteiger partial charge in [-0.25, -0.2) is 4.39 Å². The molecular weight excluding hydrogens is 303 g/mol. The first-order chi connectivity index (χ1) is 11.8. The van der Waals surface area contributed by atoms with E-state index in [1.165, 1.54) is 38.5 Å². The summed E-state index contributed by atoms with van der Waals surface area (Å²) in [5, 5.41) is 0. The molecule has 0 N–H and O–H groups in total. The van der Waals surface area contributed by atoms with Crippen LogP contribution in [0.15, 0.2) is 24.1 Å². The lowest BCUT2D eigenvalue weighted by Crippen LogP contribution is -2.40. The summed E-state index contributed by atoms with van der Waals surface area (Å²) >= 11 is 0. The molecule has 3 heteroatoms. The molecule has 1 heterocycles. The summed E-state index contributed by atoms with van der Waals surface area (Å²) in [5.41, 5.74) is 0. The van der Waals surface area contributed by atoms with Crippen molar-refractivity contribution in [2.45, 2.75) is 71.0 Å². The third-order valence-corrected chi connectivity index (χ3v) is 6.08. The molecule has 0 aromatic carbocycles. The van der Waals surface area contributed by atoms with Gasteiger partial charge in [0, 0.05) is 11.8 Å². The zero-order valence-electron chi connectivity index (χ0n) is 15.1. The van der Waals surface area contributed by atoms with Crippen LogP contribution in [0.2, 0.25) is 0 Å². The van der Waals surface area contributed by atoms with Gasteiger partial charge in [-0.1, -0.05) is 31.6 Å². The van der Waals surface area contributed by atoms with E-state index in [2.05, 4.69) is 19.1 Å². The van der Waals surface area contributed by atoms with Crippen LogP contribution in [0, 0.1) is 23.7 Å². The standard InChI is InChI=1S/C21H33FO2/c1-2-3-4-5-16-6-8-17(9-7-16)19-14-23-21(24-15-19)18-10-12-20(22)13-11-18/h4-5,12,16-19,21H,2-3,6-11,13-15H2,1H3/b5-4+/t16-,17-,18?,19-,21-. The molecule has 3 rings (SSSR count). The first kappa shape index (κ1) is 18.1. The maximum Gasteiger partial charge on any atom is 0.160 e. The van der Waals surface area contributed by atoms with Crippen molar-refractivity contribution in [1.82, 2.24) is 0 Å². The van der Waals surface area contributed by atoms with Gasteiger partial charge < -0.3 is 9.47 Å². The Balaban J connectivity index is 1.38. The normalized spacial score (nSPS) is 38.2. The Morgan fingerprint density at radius 1 is 1.04 bits per heavy atom. The minimum Gasteiger partial charge on any atom is -0.352 e. The molecule has 136 valence electrons. The summed E-state index contributed by atoms with van der Waals surface area (Å²) < 4.78 is 25.2. The number of rotatable bonds is 5. The number of hydrogen-bond donors (Lipinski definition) is 0. The summed E-state index contributed by atoms with van der Waals surface area (Å²) in [6.45, 7) is 3.89. The fourth-order valence-electron chi connectivity index (χ4n) is 4.41. The highest BCUT2D eigenvalue weighted by molar-refractivity contribution is 4.99. The third kappa shape index (κ3) is 4.92. The average molecular weight is 336 g/mol. The molecule has 1 saturated carbocycles. The maximum absolute atomic E-state index is 13.1. The Bertz CT molecular complexity index is 429. The molecule has 1 aliphatic heterocycles. The van der Waals surface area contributed by atoms with E-state index >= 15 is 0 Å². The monoisotopic (exact) mass is 336 g/mol. The van der Waals surface area contributed by atoms with Crippen molar-refractivity contribution in [2.75, 3.05) is 13.2 Å². The second kappa shape index (κ2) is 9.15. The van der Waals surface area contributed by atoms with Crippen molar-refractivity contribution in [3.63, 3.8) is 0 Å². The van der Waals surface area contributed by atoms with Crippen LogP contribution in [-0.4, -0.2) is 19.5 Å². The minimum atomic E-state index is -0.112. The summed E-state index contributed by atoms with van der Waals surface area (Å²) in [7, 11) is 0. The summed E-state index contributed by atoms with van der Waals surface area (Å²) in [5.74, 6) is 2.47. The van der Waals surface area contributed by atoms with Gasteiger partial charge in [-0.05, 0) is 63.2 Å². The summed E-state index contributed by atoms with van der Waals surface area (Å²) in [6.07, 6.45) is 16.3. The molecule has 0 aromatic heterocycles. The van der Waals surface area contributed by atoms with Gasteiger partial charge in [0.15, 0.2) is 6.29 Å². The van der Waals surface area contributed by atoms with E-state index in [9.17, 15) is 4.39 Å². The van der Waals surface area contributed by atoms with Gasteiger partial charge in [0.2, 0.25) is 0 Å². The molecule has 0 bridgehead atoms. The van der Waals surface area contributed by atoms with E-state index < -0.39 is 0 Å². The zero-order chi connectivity index (χ0) is 16.8. The highest BCUT2D eigenvalue weighted by atomic mass is 19.1. The number of halogens is 1. The topological polar surface area (TPSA) is 18.5 Å². The fraction of sp³-hybridized carbons (Fsp3) is 0.810. The number of allylic oxidation sites excluding steroid dienone is 4. The van der Waals surface area contributed by atoms with Crippen molar-refractivity contribution in [3.8, 4) is 0 Å². The Labute approximate surface area is 146 Å². The number of hydrogen-bond acceptors (Lipinski definition) is 2. The number of ether oxygens (including phenoxy) is 2. The molecule has 1 saturated heterocycles. The van der Waals surface area contributed by atoms with Crippen LogP contribution in [-0.2, 0) is 9.47 Å². The Morgan fingerprint density at radius 2 is 1.79 bits per heavy atom. The van der Waals surface area contributed by atoms with E-state index in [0.717, 1.165) is 37.9 Å². The van der Waals surface area contributed by atoms with E-state index in [1.54, 1.807) is 6.08 Å². The summed E-state index contributed by atoms with van der Waals surface area (Å²) in [4.78, 5) is 0. The van der Waals surface area contributed by atoms with E-state index in [4.69, 9.17) is 9.47 Å². The van der Waals surface area contributed by atoms with Crippen molar-refractivity contribution in [1.29, 1.82) is 0 Å². The van der Waals surface area contributed by atoms with Crippen molar-refractivity contribution in [2.24, 2.45) is 23.7 Å². The smallest absolute Gasteiger partial charge is 0.160 e. The van der Waals surface area contributed by atoms with Crippen LogP contribution >= 0.6 is 0 Å². The lowest BCUT2D eigenvalue weighted by atomic mass is 9.76. The molecular formula is C21H33FO2. The largest absolute Gasteiger partial charge is 0.352 e. The molecule has 0 radical (unpaired) electrons. The Morgan fingerprint density at radius 3 is 2.42 bits per heavy atom. The molecule has 0 spiro atoms. The van der Waals surface area contributed by atoms with Gasteiger partial charge in [0.05, 0.1) is 19.0 Å². The van der Waals surface area contributed by atoms with Crippen LogP contribution < -0.4 is 0 Å². The highest BCUT2D eigenvalue weighted by Crippen LogP contribution is 2.37. The Hall–Kier alpha value is -0.670. The first-order valence-electron chi connectivity index (χ1n) is 10.0. The molecule has 2 fully saturated rings. The Kier molecular flexibility index (Phi) is 6.91. The van der Waals surface area contributed by atoms with Gasteiger partial charge in [-0.3, -0.25) is 0 Å². The highest BCUT2D eigenvalue weighted by Gasteiger charge is 2.34. The predicted molar refractivity (Wildman–Crippen MR) is 95.2 cm³/mol. The van der Waals surface area contributed by atoms with Crippen molar-refractivity contribution < 1.29 is 13.9 Å². The minimum absolute atomic E-state index is 0.0321. The van der Waals surface area contributed by atoms with Gasteiger partial charge in [0.25, 0.3) is 0 Å². The number of unbranched alkanes of at least 4 members (excludes halogenated alkanes) is 1. The van der Waals surface area contributed by atoms with Crippen LogP contribution in [0.5, 0.6) is 0 Å². The second-order valence-electron chi connectivity index (χ2n) is 7.87. The lowest BCUT2D eigenvalue weighted by molar-refractivity contribution is -0.233. The van der Waals surface area contributed by atoms with E-state index in [0.29, 0.717) is 18.3 Å². The third-order valence-electron chi connectivity index (χ3n) is 6.08. The van der Waals surface area contributed by atoms with E-state index in [1.807, 2.05) is 0 Å². The van der Waals surface area contributed by atoms with Gasteiger partial charge in [-0.2, -0.15) is 0 Å². The molecule has 24 heavy (non-hydrogen) atoms. The first-order valence-corrected chi connectivity index (χ1v) is 10.0. The quantitative estimate of drug-likeness (QED) is 0.591. The fourth-order valence-corrected chi connectivity index (χ4v) is 4.41. The van der Waals surface area contributed by atoms with E-state index in [-0.39, 0.29) is 12.1 Å². The van der Waals surface area contributed by atoms with Gasteiger partial charge >= 0.3 is 0 Å². The SMILES string of the molecule is CCC/C=C/[C@H]1CC[C@H]([C@H]2CO[C@H](C3CC=C(F)CC3)OC2)CC1. The molecule has 1 unspecified atom stereocenters. The molecule has 2 aliphatic carbocycles. The summed E-state index contributed by atoms with van der Waals surface area (Å²) in [6, 6.07) is 0. The van der Waals surface area contributed by atoms with Crippen molar-refractivity contribution in [3.05, 3.63) is 24.1 Å². The molecule has 3 aliphatic rings. The molecule has 2 nitrogen and oxygen atoms in total. The molecule has 0 amide bonds. The zero-order valence-corrected chi connectivity index (χ0v) is 15.1. The van der Waals surface area contributed by atoms with Gasteiger partial charge in [-0.15, -0.1) is 0 Å². The predicted octanol–water partition coefficient (Wildman–Crippen LogP) is 5.79. The lowest BCUT2D eigenvalue weighted by Gasteiger charge is -2.39. The van der Waals surface area contributed by atoms with Crippen molar-refractivity contribution >= 4 is 0 Å².